The summed E-state index contributed by atoms with van der Waals surface area (Å²) in [6.45, 7) is 6.90. The van der Waals surface area contributed by atoms with E-state index in [4.69, 9.17) is 28.9 Å². The molecule has 112 valence electrons. The Balaban J connectivity index is 2.18. The monoisotopic (exact) mass is 313 g/mol. The number of benzene rings is 1. The van der Waals surface area contributed by atoms with Crippen molar-refractivity contribution < 1.29 is 0 Å². The van der Waals surface area contributed by atoms with Crippen LogP contribution in [0.15, 0.2) is 18.2 Å². The lowest BCUT2D eigenvalue weighted by Crippen LogP contribution is -2.44. The van der Waals surface area contributed by atoms with E-state index in [1.165, 1.54) is 12.8 Å². The van der Waals surface area contributed by atoms with E-state index in [1.54, 1.807) is 0 Å². The second-order valence-corrected chi connectivity index (χ2v) is 7.87. The van der Waals surface area contributed by atoms with Crippen molar-refractivity contribution in [1.82, 2.24) is 0 Å². The van der Waals surface area contributed by atoms with Gasteiger partial charge in [-0.25, -0.2) is 0 Å². The molecule has 0 aromatic heterocycles. The van der Waals surface area contributed by atoms with Crippen LogP contribution in [0.4, 0.5) is 0 Å². The van der Waals surface area contributed by atoms with Crippen LogP contribution in [0.1, 0.15) is 45.6 Å². The first-order chi connectivity index (χ1) is 9.31. The van der Waals surface area contributed by atoms with Gasteiger partial charge >= 0.3 is 0 Å². The molecule has 1 fully saturated rings. The first-order valence-corrected chi connectivity index (χ1v) is 8.25. The fourth-order valence-electron chi connectivity index (χ4n) is 3.68. The van der Waals surface area contributed by atoms with E-state index in [9.17, 15) is 0 Å². The third kappa shape index (κ3) is 3.50. The summed E-state index contributed by atoms with van der Waals surface area (Å²) in [4.78, 5) is 0. The maximum atomic E-state index is 6.42. The van der Waals surface area contributed by atoms with Crippen molar-refractivity contribution in [2.45, 2.75) is 52.5 Å². The largest absolute Gasteiger partial charge is 0.327 e. The average molecular weight is 314 g/mol. The van der Waals surface area contributed by atoms with E-state index in [0.29, 0.717) is 5.92 Å². The zero-order chi connectivity index (χ0) is 14.9. The van der Waals surface area contributed by atoms with Crippen molar-refractivity contribution in [3.63, 3.8) is 0 Å². The zero-order valence-corrected chi connectivity index (χ0v) is 14.1. The third-order valence-corrected chi connectivity index (χ3v) is 5.57. The standard InChI is InChI=1S/C17H25Cl2N/c1-11-7-8-13(16(20)9-11)17(2,3)10-12-14(18)5-4-6-15(12)19/h4-6,11,13,16H,7-10,20H2,1-3H3. The Kier molecular flexibility index (Phi) is 5.05. The SMILES string of the molecule is CC1CCC(C(C)(C)Cc2c(Cl)cccc2Cl)C(N)C1. The molecule has 3 unspecified atom stereocenters. The minimum atomic E-state index is 0.119. The molecule has 0 bridgehead atoms. The molecule has 0 aliphatic heterocycles. The van der Waals surface area contributed by atoms with Gasteiger partial charge < -0.3 is 5.73 Å². The number of rotatable bonds is 3. The van der Waals surface area contributed by atoms with Gasteiger partial charge in [-0.15, -0.1) is 0 Å². The van der Waals surface area contributed by atoms with E-state index < -0.39 is 0 Å². The van der Waals surface area contributed by atoms with Crippen molar-refractivity contribution in [2.24, 2.45) is 23.0 Å². The summed E-state index contributed by atoms with van der Waals surface area (Å²) in [7, 11) is 0. The van der Waals surface area contributed by atoms with Crippen molar-refractivity contribution in [3.05, 3.63) is 33.8 Å². The second-order valence-electron chi connectivity index (χ2n) is 7.05. The highest BCUT2D eigenvalue weighted by molar-refractivity contribution is 6.36. The highest BCUT2D eigenvalue weighted by Gasteiger charge is 2.37. The summed E-state index contributed by atoms with van der Waals surface area (Å²) in [5, 5.41) is 1.53. The van der Waals surface area contributed by atoms with Gasteiger partial charge in [-0.3, -0.25) is 0 Å². The average Bonchev–Trinajstić information content (AvgIpc) is 2.33. The molecule has 1 aromatic rings. The van der Waals surface area contributed by atoms with Gasteiger partial charge in [-0.2, -0.15) is 0 Å². The lowest BCUT2D eigenvalue weighted by atomic mass is 9.64. The third-order valence-electron chi connectivity index (χ3n) is 4.86. The van der Waals surface area contributed by atoms with Crippen molar-refractivity contribution in [3.8, 4) is 0 Å². The van der Waals surface area contributed by atoms with Gasteiger partial charge in [-0.1, -0.05) is 56.5 Å². The van der Waals surface area contributed by atoms with Crippen LogP contribution in [0.2, 0.25) is 10.0 Å². The molecular weight excluding hydrogens is 289 g/mol. The Morgan fingerprint density at radius 3 is 2.35 bits per heavy atom. The molecule has 1 aliphatic carbocycles. The Bertz CT molecular complexity index is 450. The van der Waals surface area contributed by atoms with Gasteiger partial charge in [0.05, 0.1) is 0 Å². The molecule has 2 N–H and O–H groups in total. The molecule has 3 heteroatoms. The highest BCUT2D eigenvalue weighted by Crippen LogP contribution is 2.43. The van der Waals surface area contributed by atoms with Crippen LogP contribution in [0.25, 0.3) is 0 Å². The zero-order valence-electron chi connectivity index (χ0n) is 12.6. The van der Waals surface area contributed by atoms with Crippen molar-refractivity contribution >= 4 is 23.2 Å². The van der Waals surface area contributed by atoms with Crippen LogP contribution in [0.3, 0.4) is 0 Å². The summed E-state index contributed by atoms with van der Waals surface area (Å²) >= 11 is 12.6. The fraction of sp³-hybridized carbons (Fsp3) is 0.647. The Labute approximate surface area is 132 Å². The van der Waals surface area contributed by atoms with Gasteiger partial charge in [0.15, 0.2) is 0 Å². The van der Waals surface area contributed by atoms with Gasteiger partial charge in [-0.05, 0) is 54.2 Å². The second kappa shape index (κ2) is 6.25. The van der Waals surface area contributed by atoms with Gasteiger partial charge in [0, 0.05) is 16.1 Å². The Hall–Kier alpha value is -0.240. The van der Waals surface area contributed by atoms with Crippen LogP contribution < -0.4 is 5.73 Å². The summed E-state index contributed by atoms with van der Waals surface area (Å²) in [5.74, 6) is 1.28. The smallest absolute Gasteiger partial charge is 0.0453 e. The highest BCUT2D eigenvalue weighted by atomic mass is 35.5. The van der Waals surface area contributed by atoms with Crippen LogP contribution in [-0.4, -0.2) is 6.04 Å². The fourth-order valence-corrected chi connectivity index (χ4v) is 4.21. The maximum Gasteiger partial charge on any atom is 0.0453 e. The molecule has 0 spiro atoms. The molecule has 3 atom stereocenters. The van der Waals surface area contributed by atoms with E-state index in [1.807, 2.05) is 18.2 Å². The van der Waals surface area contributed by atoms with Crippen molar-refractivity contribution in [1.29, 1.82) is 0 Å². The van der Waals surface area contributed by atoms with Crippen molar-refractivity contribution in [2.75, 3.05) is 0 Å². The van der Waals surface area contributed by atoms with Crippen LogP contribution >= 0.6 is 23.2 Å². The first kappa shape index (κ1) is 16.1. The molecule has 0 amide bonds. The van der Waals surface area contributed by atoms with Gasteiger partial charge in [0.25, 0.3) is 0 Å². The lowest BCUT2D eigenvalue weighted by molar-refractivity contribution is 0.113. The molecule has 20 heavy (non-hydrogen) atoms. The normalized spacial score (nSPS) is 27.6. The number of hydrogen-bond donors (Lipinski definition) is 1. The quantitative estimate of drug-likeness (QED) is 0.802. The minimum absolute atomic E-state index is 0.119. The van der Waals surface area contributed by atoms with E-state index in [-0.39, 0.29) is 11.5 Å². The Morgan fingerprint density at radius 2 is 1.80 bits per heavy atom. The molecule has 2 rings (SSSR count). The number of nitrogens with two attached hydrogens (primary N) is 1. The first-order valence-electron chi connectivity index (χ1n) is 7.49. The van der Waals surface area contributed by atoms with Gasteiger partial charge in [0.1, 0.15) is 0 Å². The summed E-state index contributed by atoms with van der Waals surface area (Å²) in [6, 6.07) is 6.02. The van der Waals surface area contributed by atoms with Crippen LogP contribution in [0.5, 0.6) is 0 Å². The topological polar surface area (TPSA) is 26.0 Å². The van der Waals surface area contributed by atoms with E-state index >= 15 is 0 Å². The predicted molar refractivity (Wildman–Crippen MR) is 88.4 cm³/mol. The molecule has 1 saturated carbocycles. The minimum Gasteiger partial charge on any atom is -0.327 e. The molecule has 0 saturated heterocycles. The summed E-state index contributed by atoms with van der Waals surface area (Å²) in [6.07, 6.45) is 4.50. The molecule has 1 aromatic carbocycles. The van der Waals surface area contributed by atoms with Crippen LogP contribution in [0, 0.1) is 17.3 Å². The summed E-state index contributed by atoms with van der Waals surface area (Å²) in [5.41, 5.74) is 7.60. The molecule has 0 heterocycles. The van der Waals surface area contributed by atoms with Gasteiger partial charge in [0.2, 0.25) is 0 Å². The predicted octanol–water partition coefficient (Wildman–Crippen LogP) is 5.33. The maximum absolute atomic E-state index is 6.42. The number of halogens is 2. The lowest BCUT2D eigenvalue weighted by Gasteiger charge is -2.43. The molecular formula is C17H25Cl2N. The van der Waals surface area contributed by atoms with E-state index in [2.05, 4.69) is 20.8 Å². The molecule has 1 nitrogen and oxygen atoms in total. The molecule has 0 radical (unpaired) electrons. The Morgan fingerprint density at radius 1 is 1.20 bits per heavy atom. The number of hydrogen-bond acceptors (Lipinski definition) is 1. The van der Waals surface area contributed by atoms with Crippen LogP contribution in [-0.2, 0) is 6.42 Å². The summed E-state index contributed by atoms with van der Waals surface area (Å²) < 4.78 is 0. The molecule has 1 aliphatic rings. The van der Waals surface area contributed by atoms with E-state index in [0.717, 1.165) is 34.4 Å².